The maximum Gasteiger partial charge on any atom is 0.263 e. The molecule has 2 aliphatic heterocycles. The Balaban J connectivity index is 1.63. The van der Waals surface area contributed by atoms with E-state index in [1.165, 1.54) is 11.3 Å². The second-order valence-corrected chi connectivity index (χ2v) is 9.50. The second-order valence-electron chi connectivity index (χ2n) is 6.22. The fraction of sp³-hybridized carbons (Fsp3) is 0.353. The van der Waals surface area contributed by atoms with Gasteiger partial charge in [0.1, 0.15) is 12.4 Å². The summed E-state index contributed by atoms with van der Waals surface area (Å²) in [5, 5.41) is 0. The van der Waals surface area contributed by atoms with Gasteiger partial charge in [-0.2, -0.15) is 0 Å². The van der Waals surface area contributed by atoms with Crippen LogP contribution >= 0.6 is 11.3 Å². The van der Waals surface area contributed by atoms with E-state index in [-0.39, 0.29) is 23.5 Å². The molecule has 3 heterocycles. The van der Waals surface area contributed by atoms with Crippen LogP contribution in [0.4, 0.5) is 0 Å². The van der Waals surface area contributed by atoms with Crippen molar-refractivity contribution in [2.75, 3.05) is 18.6 Å². The number of sulfone groups is 1. The summed E-state index contributed by atoms with van der Waals surface area (Å²) in [5.74, 6) is 0.944. The lowest BCUT2D eigenvalue weighted by molar-refractivity contribution is 0.0752. The predicted molar refractivity (Wildman–Crippen MR) is 93.2 cm³/mol. The van der Waals surface area contributed by atoms with Crippen LogP contribution in [0.2, 0.25) is 0 Å². The summed E-state index contributed by atoms with van der Waals surface area (Å²) in [4.78, 5) is 16.0. The highest BCUT2D eigenvalue weighted by Gasteiger charge is 2.34. The smallest absolute Gasteiger partial charge is 0.263 e. The molecular formula is C17H17NO4S2. The minimum Gasteiger partial charge on any atom is -0.488 e. The SMILES string of the molecule is CN(C(=O)c1cc2c(s1)-c1ccccc1OC2)[C@@H]1CCS(=O)(=O)C1. The molecule has 7 heteroatoms. The molecule has 126 valence electrons. The highest BCUT2D eigenvalue weighted by Crippen LogP contribution is 2.42. The molecule has 0 radical (unpaired) electrons. The number of para-hydroxylation sites is 1. The second kappa shape index (κ2) is 5.60. The van der Waals surface area contributed by atoms with Gasteiger partial charge in [-0.1, -0.05) is 12.1 Å². The number of benzene rings is 1. The molecule has 0 aliphatic carbocycles. The number of amides is 1. The molecule has 0 bridgehead atoms. The van der Waals surface area contributed by atoms with E-state index in [1.807, 2.05) is 30.3 Å². The summed E-state index contributed by atoms with van der Waals surface area (Å²) >= 11 is 1.45. The standard InChI is InChI=1S/C17H17NO4S2/c1-18(12-6-7-24(20,21)10-12)17(19)15-8-11-9-22-14-5-3-2-4-13(14)16(11)23-15/h2-5,8,12H,6-7,9-10H2,1H3/t12-/m1/s1. The van der Waals surface area contributed by atoms with E-state index in [2.05, 4.69) is 0 Å². The van der Waals surface area contributed by atoms with Gasteiger partial charge in [0.05, 0.1) is 16.4 Å². The number of rotatable bonds is 2. The first-order valence-electron chi connectivity index (χ1n) is 7.77. The van der Waals surface area contributed by atoms with Gasteiger partial charge >= 0.3 is 0 Å². The molecule has 1 saturated heterocycles. The maximum absolute atomic E-state index is 12.8. The number of carbonyl (C=O) groups is 1. The third kappa shape index (κ3) is 2.61. The van der Waals surface area contributed by atoms with Crippen LogP contribution in [-0.4, -0.2) is 43.8 Å². The molecular weight excluding hydrogens is 346 g/mol. The van der Waals surface area contributed by atoms with Crippen LogP contribution in [0.1, 0.15) is 21.7 Å². The van der Waals surface area contributed by atoms with Crippen LogP contribution in [-0.2, 0) is 16.4 Å². The Morgan fingerprint density at radius 2 is 2.12 bits per heavy atom. The average Bonchev–Trinajstić information content (AvgIpc) is 3.16. The number of fused-ring (bicyclic) bond motifs is 3. The van der Waals surface area contributed by atoms with Gasteiger partial charge in [-0.05, 0) is 24.6 Å². The molecule has 0 N–H and O–H groups in total. The quantitative estimate of drug-likeness (QED) is 0.823. The summed E-state index contributed by atoms with van der Waals surface area (Å²) in [6.45, 7) is 0.456. The fourth-order valence-corrected chi connectivity index (χ4v) is 6.18. The van der Waals surface area contributed by atoms with Gasteiger partial charge in [-0.25, -0.2) is 8.42 Å². The van der Waals surface area contributed by atoms with Crippen LogP contribution < -0.4 is 4.74 Å². The first kappa shape index (κ1) is 15.7. The van der Waals surface area contributed by atoms with Crippen molar-refractivity contribution in [3.05, 3.63) is 40.8 Å². The van der Waals surface area contributed by atoms with Gasteiger partial charge in [0, 0.05) is 29.1 Å². The van der Waals surface area contributed by atoms with Gasteiger partial charge in [0.25, 0.3) is 5.91 Å². The molecule has 24 heavy (non-hydrogen) atoms. The molecule has 5 nitrogen and oxygen atoms in total. The molecule has 0 spiro atoms. The fourth-order valence-electron chi connectivity index (χ4n) is 3.23. The van der Waals surface area contributed by atoms with Crippen molar-refractivity contribution in [2.24, 2.45) is 0 Å². The molecule has 0 saturated carbocycles. The summed E-state index contributed by atoms with van der Waals surface area (Å²) in [6, 6.07) is 9.44. The zero-order chi connectivity index (χ0) is 16.9. The normalized spacial score (nSPS) is 20.8. The summed E-state index contributed by atoms with van der Waals surface area (Å²) in [5.41, 5.74) is 2.02. The van der Waals surface area contributed by atoms with Crippen molar-refractivity contribution in [1.82, 2.24) is 4.90 Å². The Kier molecular flexibility index (Phi) is 3.65. The zero-order valence-electron chi connectivity index (χ0n) is 13.2. The molecule has 1 aromatic heterocycles. The third-order valence-electron chi connectivity index (χ3n) is 4.61. The minimum atomic E-state index is -3.01. The number of nitrogens with zero attached hydrogens (tertiary/aromatic N) is 1. The highest BCUT2D eigenvalue weighted by molar-refractivity contribution is 7.91. The van der Waals surface area contributed by atoms with Crippen LogP contribution in [0, 0.1) is 0 Å². The van der Waals surface area contributed by atoms with Crippen LogP contribution in [0.25, 0.3) is 10.4 Å². The Morgan fingerprint density at radius 1 is 1.33 bits per heavy atom. The van der Waals surface area contributed by atoms with E-state index >= 15 is 0 Å². The first-order chi connectivity index (χ1) is 11.4. The Bertz CT molecular complexity index is 916. The average molecular weight is 363 g/mol. The number of thiophene rings is 1. The molecule has 1 amide bonds. The lowest BCUT2D eigenvalue weighted by atomic mass is 10.1. The Morgan fingerprint density at radius 3 is 2.88 bits per heavy atom. The highest BCUT2D eigenvalue weighted by atomic mass is 32.2. The number of ether oxygens (including phenoxy) is 1. The summed E-state index contributed by atoms with van der Waals surface area (Å²) in [6.07, 6.45) is 0.515. The minimum absolute atomic E-state index is 0.0618. The molecule has 0 unspecified atom stereocenters. The van der Waals surface area contributed by atoms with Crippen molar-refractivity contribution >= 4 is 27.1 Å². The number of carbonyl (C=O) groups excluding carboxylic acids is 1. The molecule has 1 aromatic carbocycles. The Hall–Kier alpha value is -1.86. The van der Waals surface area contributed by atoms with Crippen molar-refractivity contribution < 1.29 is 17.9 Å². The van der Waals surface area contributed by atoms with Crippen molar-refractivity contribution in [3.8, 4) is 16.2 Å². The van der Waals surface area contributed by atoms with E-state index in [0.717, 1.165) is 21.8 Å². The third-order valence-corrected chi connectivity index (χ3v) is 7.56. The Labute approximate surface area is 144 Å². The lowest BCUT2D eigenvalue weighted by Crippen LogP contribution is -2.37. The molecule has 4 rings (SSSR count). The number of hydrogen-bond donors (Lipinski definition) is 0. The van der Waals surface area contributed by atoms with E-state index in [9.17, 15) is 13.2 Å². The summed E-state index contributed by atoms with van der Waals surface area (Å²) < 4.78 is 29.0. The van der Waals surface area contributed by atoms with E-state index in [0.29, 0.717) is 17.9 Å². The monoisotopic (exact) mass is 363 g/mol. The molecule has 1 fully saturated rings. The van der Waals surface area contributed by atoms with E-state index in [1.54, 1.807) is 11.9 Å². The van der Waals surface area contributed by atoms with Crippen LogP contribution in [0.15, 0.2) is 30.3 Å². The van der Waals surface area contributed by atoms with Gasteiger partial charge in [0.15, 0.2) is 9.84 Å². The number of hydrogen-bond acceptors (Lipinski definition) is 5. The van der Waals surface area contributed by atoms with Gasteiger partial charge < -0.3 is 9.64 Å². The molecule has 2 aromatic rings. The van der Waals surface area contributed by atoms with Crippen LogP contribution in [0.5, 0.6) is 5.75 Å². The van der Waals surface area contributed by atoms with Crippen molar-refractivity contribution in [1.29, 1.82) is 0 Å². The van der Waals surface area contributed by atoms with E-state index < -0.39 is 9.84 Å². The topological polar surface area (TPSA) is 63.7 Å². The molecule has 2 aliphatic rings. The first-order valence-corrected chi connectivity index (χ1v) is 10.4. The lowest BCUT2D eigenvalue weighted by Gasteiger charge is -2.22. The van der Waals surface area contributed by atoms with Crippen LogP contribution in [0.3, 0.4) is 0 Å². The van der Waals surface area contributed by atoms with Crippen molar-refractivity contribution in [2.45, 2.75) is 19.1 Å². The van der Waals surface area contributed by atoms with E-state index in [4.69, 9.17) is 4.74 Å². The summed E-state index contributed by atoms with van der Waals surface area (Å²) in [7, 11) is -1.32. The van der Waals surface area contributed by atoms with Gasteiger partial charge in [-0.15, -0.1) is 11.3 Å². The largest absolute Gasteiger partial charge is 0.488 e. The maximum atomic E-state index is 12.8. The van der Waals surface area contributed by atoms with Gasteiger partial charge in [0.2, 0.25) is 0 Å². The van der Waals surface area contributed by atoms with Gasteiger partial charge in [-0.3, -0.25) is 4.79 Å². The predicted octanol–water partition coefficient (Wildman–Crippen LogP) is 2.57. The zero-order valence-corrected chi connectivity index (χ0v) is 14.8. The molecule has 1 atom stereocenters. The van der Waals surface area contributed by atoms with Crippen molar-refractivity contribution in [3.63, 3.8) is 0 Å².